The monoisotopic (exact) mass is 248 g/mol. The molecule has 1 aromatic rings. The Kier molecular flexibility index (Phi) is 4.59. The largest absolute Gasteiger partial charge is 0.445 e. The van der Waals surface area contributed by atoms with Gasteiger partial charge in [0.05, 0.1) is 6.67 Å². The van der Waals surface area contributed by atoms with E-state index in [9.17, 15) is 4.79 Å². The highest BCUT2D eigenvalue weighted by atomic mass is 16.6. The molecule has 1 amide bonds. The van der Waals surface area contributed by atoms with Crippen molar-refractivity contribution in [2.24, 2.45) is 5.73 Å². The highest BCUT2D eigenvalue weighted by molar-refractivity contribution is 5.68. The molecular weight excluding hydrogens is 228 g/mol. The summed E-state index contributed by atoms with van der Waals surface area (Å²) in [6, 6.07) is 9.95. The Morgan fingerprint density at radius 3 is 2.56 bits per heavy atom. The number of nitrogens with zero attached hydrogens (tertiary/aromatic N) is 1. The van der Waals surface area contributed by atoms with Crippen LogP contribution in [0.25, 0.3) is 0 Å². The first kappa shape index (κ1) is 12.9. The average molecular weight is 248 g/mol. The maximum atomic E-state index is 12.0. The van der Waals surface area contributed by atoms with E-state index < -0.39 is 0 Å². The molecule has 0 bridgehead atoms. The molecule has 2 rings (SSSR count). The van der Waals surface area contributed by atoms with Crippen LogP contribution in [0.3, 0.4) is 0 Å². The fraction of sp³-hybridized carbons (Fsp3) is 0.500. The van der Waals surface area contributed by atoms with Crippen LogP contribution in [-0.4, -0.2) is 23.7 Å². The van der Waals surface area contributed by atoms with E-state index in [1.54, 1.807) is 4.90 Å². The Morgan fingerprint density at radius 1 is 1.28 bits per heavy atom. The quantitative estimate of drug-likeness (QED) is 0.833. The van der Waals surface area contributed by atoms with Crippen molar-refractivity contribution in [2.75, 3.05) is 6.67 Å². The molecule has 0 unspecified atom stereocenters. The van der Waals surface area contributed by atoms with Gasteiger partial charge in [-0.05, 0) is 18.4 Å². The molecular formula is C14H20N2O2. The van der Waals surface area contributed by atoms with Crippen LogP contribution in [0.4, 0.5) is 4.79 Å². The molecule has 0 heterocycles. The lowest BCUT2D eigenvalue weighted by atomic mass is 10.2. The van der Waals surface area contributed by atoms with E-state index >= 15 is 0 Å². The number of benzene rings is 1. The first-order valence-corrected chi connectivity index (χ1v) is 6.48. The van der Waals surface area contributed by atoms with Crippen molar-refractivity contribution in [3.8, 4) is 0 Å². The lowest BCUT2D eigenvalue weighted by Gasteiger charge is -2.26. The van der Waals surface area contributed by atoms with Crippen molar-refractivity contribution < 1.29 is 9.53 Å². The number of hydrogen-bond acceptors (Lipinski definition) is 3. The Labute approximate surface area is 108 Å². The van der Waals surface area contributed by atoms with E-state index in [0.29, 0.717) is 6.61 Å². The van der Waals surface area contributed by atoms with Crippen molar-refractivity contribution in [1.82, 2.24) is 4.90 Å². The molecule has 18 heavy (non-hydrogen) atoms. The summed E-state index contributed by atoms with van der Waals surface area (Å²) in [6.45, 7) is 0.543. The van der Waals surface area contributed by atoms with Crippen LogP contribution in [0, 0.1) is 0 Å². The van der Waals surface area contributed by atoms with Gasteiger partial charge in [-0.15, -0.1) is 0 Å². The number of carbonyl (C=O) groups excluding carboxylic acids is 1. The van der Waals surface area contributed by atoms with Crippen molar-refractivity contribution in [1.29, 1.82) is 0 Å². The second kappa shape index (κ2) is 6.40. The maximum absolute atomic E-state index is 12.0. The fourth-order valence-electron chi connectivity index (χ4n) is 2.39. The minimum atomic E-state index is -0.298. The molecule has 1 aliphatic rings. The van der Waals surface area contributed by atoms with E-state index in [4.69, 9.17) is 10.5 Å². The number of ether oxygens (including phenoxy) is 1. The average Bonchev–Trinajstić information content (AvgIpc) is 2.92. The van der Waals surface area contributed by atoms with Crippen LogP contribution in [-0.2, 0) is 11.3 Å². The van der Waals surface area contributed by atoms with E-state index in [0.717, 1.165) is 18.4 Å². The smallest absolute Gasteiger partial charge is 0.411 e. The number of amides is 1. The van der Waals surface area contributed by atoms with E-state index in [1.807, 2.05) is 30.3 Å². The number of carbonyl (C=O) groups is 1. The van der Waals surface area contributed by atoms with Crippen LogP contribution in [0.2, 0.25) is 0 Å². The first-order chi connectivity index (χ1) is 8.81. The molecule has 0 spiro atoms. The van der Waals surface area contributed by atoms with Gasteiger partial charge in [0.15, 0.2) is 0 Å². The summed E-state index contributed by atoms with van der Waals surface area (Å²) in [5.74, 6) is 0. The van der Waals surface area contributed by atoms with Gasteiger partial charge in [-0.3, -0.25) is 4.90 Å². The third kappa shape index (κ3) is 3.23. The van der Waals surface area contributed by atoms with Crippen LogP contribution < -0.4 is 5.73 Å². The summed E-state index contributed by atoms with van der Waals surface area (Å²) >= 11 is 0. The predicted octanol–water partition coefficient (Wildman–Crippen LogP) is 2.48. The number of hydrogen-bond donors (Lipinski definition) is 1. The summed E-state index contributed by atoms with van der Waals surface area (Å²) in [7, 11) is 0. The van der Waals surface area contributed by atoms with Gasteiger partial charge in [0.2, 0.25) is 0 Å². The molecule has 0 atom stereocenters. The molecule has 1 fully saturated rings. The third-order valence-corrected chi connectivity index (χ3v) is 3.40. The molecule has 0 aromatic heterocycles. The highest BCUT2D eigenvalue weighted by Gasteiger charge is 2.26. The van der Waals surface area contributed by atoms with Crippen molar-refractivity contribution in [2.45, 2.75) is 38.3 Å². The van der Waals surface area contributed by atoms with Crippen molar-refractivity contribution in [3.05, 3.63) is 35.9 Å². The second-order valence-electron chi connectivity index (χ2n) is 4.63. The van der Waals surface area contributed by atoms with Gasteiger partial charge in [-0.25, -0.2) is 4.79 Å². The summed E-state index contributed by atoms with van der Waals surface area (Å²) < 4.78 is 5.30. The van der Waals surface area contributed by atoms with Gasteiger partial charge < -0.3 is 10.5 Å². The molecule has 1 aliphatic carbocycles. The van der Waals surface area contributed by atoms with Gasteiger partial charge >= 0.3 is 6.09 Å². The molecule has 98 valence electrons. The van der Waals surface area contributed by atoms with Gasteiger partial charge in [0.1, 0.15) is 6.61 Å². The molecule has 4 nitrogen and oxygen atoms in total. The molecule has 4 heteroatoms. The van der Waals surface area contributed by atoms with E-state index in [1.165, 1.54) is 12.8 Å². The second-order valence-corrected chi connectivity index (χ2v) is 4.63. The lowest BCUT2D eigenvalue weighted by Crippen LogP contribution is -2.42. The first-order valence-electron chi connectivity index (χ1n) is 6.48. The zero-order valence-corrected chi connectivity index (χ0v) is 10.5. The van der Waals surface area contributed by atoms with Crippen LogP contribution in [0.15, 0.2) is 30.3 Å². The topological polar surface area (TPSA) is 55.6 Å². The van der Waals surface area contributed by atoms with Crippen LogP contribution in [0.5, 0.6) is 0 Å². The van der Waals surface area contributed by atoms with Gasteiger partial charge in [0.25, 0.3) is 0 Å². The molecule has 1 saturated carbocycles. The number of nitrogens with two attached hydrogens (primary N) is 1. The van der Waals surface area contributed by atoms with Gasteiger partial charge in [0, 0.05) is 6.04 Å². The Morgan fingerprint density at radius 2 is 1.94 bits per heavy atom. The minimum Gasteiger partial charge on any atom is -0.445 e. The van der Waals surface area contributed by atoms with Crippen molar-refractivity contribution in [3.63, 3.8) is 0 Å². The molecule has 0 radical (unpaired) electrons. The lowest BCUT2D eigenvalue weighted by molar-refractivity contribution is 0.0822. The molecule has 0 aliphatic heterocycles. The standard InChI is InChI=1S/C14H20N2O2/c15-11-16(13-8-4-5-9-13)14(17)18-10-12-6-2-1-3-7-12/h1-3,6-7,13H,4-5,8-11,15H2. The van der Waals surface area contributed by atoms with Crippen molar-refractivity contribution >= 4 is 6.09 Å². The zero-order chi connectivity index (χ0) is 12.8. The Bertz CT molecular complexity index is 375. The maximum Gasteiger partial charge on any atom is 0.411 e. The minimum absolute atomic E-state index is 0.234. The predicted molar refractivity (Wildman–Crippen MR) is 69.8 cm³/mol. The fourth-order valence-corrected chi connectivity index (χ4v) is 2.39. The van der Waals surface area contributed by atoms with E-state index in [-0.39, 0.29) is 18.8 Å². The van der Waals surface area contributed by atoms with Crippen LogP contribution >= 0.6 is 0 Å². The third-order valence-electron chi connectivity index (χ3n) is 3.40. The van der Waals surface area contributed by atoms with Crippen LogP contribution in [0.1, 0.15) is 31.2 Å². The van der Waals surface area contributed by atoms with Gasteiger partial charge in [-0.1, -0.05) is 43.2 Å². The SMILES string of the molecule is NCN(C(=O)OCc1ccccc1)C1CCCC1. The molecule has 0 saturated heterocycles. The summed E-state index contributed by atoms with van der Waals surface area (Å²) in [6.07, 6.45) is 4.13. The Balaban J connectivity index is 1.86. The summed E-state index contributed by atoms with van der Waals surface area (Å²) in [4.78, 5) is 13.6. The molecule has 1 aromatic carbocycles. The summed E-state index contributed by atoms with van der Waals surface area (Å²) in [5, 5.41) is 0. The van der Waals surface area contributed by atoms with E-state index in [2.05, 4.69) is 0 Å². The number of rotatable bonds is 4. The normalized spacial score (nSPS) is 15.6. The summed E-state index contributed by atoms with van der Waals surface area (Å²) in [5.41, 5.74) is 6.64. The Hall–Kier alpha value is -1.55. The zero-order valence-electron chi connectivity index (χ0n) is 10.5. The van der Waals surface area contributed by atoms with Gasteiger partial charge in [-0.2, -0.15) is 0 Å². The highest BCUT2D eigenvalue weighted by Crippen LogP contribution is 2.23. The molecule has 2 N–H and O–H groups in total.